The second-order valence-corrected chi connectivity index (χ2v) is 6.21. The average molecular weight is 323 g/mol. The lowest BCUT2D eigenvalue weighted by Crippen LogP contribution is -2.23. The second kappa shape index (κ2) is 6.78. The van der Waals surface area contributed by atoms with Crippen LogP contribution in [-0.4, -0.2) is 21.1 Å². The van der Waals surface area contributed by atoms with E-state index in [1.54, 1.807) is 31.3 Å². The number of aromatic nitrogens is 2. The van der Waals surface area contributed by atoms with Crippen molar-refractivity contribution < 1.29 is 4.79 Å². The molecular weight excluding hydrogens is 308 g/mol. The van der Waals surface area contributed by atoms with Gasteiger partial charge in [-0.15, -0.1) is 0 Å². The van der Waals surface area contributed by atoms with E-state index in [-0.39, 0.29) is 11.2 Å². The Morgan fingerprint density at radius 3 is 2.86 bits per heavy atom. The Kier molecular flexibility index (Phi) is 5.03. The number of nitrogens with two attached hydrogens (primary N) is 1. The number of nitrogens with zero attached hydrogens (tertiary/aromatic N) is 2. The normalized spacial score (nSPS) is 12.0. The van der Waals surface area contributed by atoms with Crippen LogP contribution in [0.4, 0.5) is 11.4 Å². The van der Waals surface area contributed by atoms with Crippen LogP contribution in [0.3, 0.4) is 0 Å². The Morgan fingerprint density at radius 1 is 1.43 bits per heavy atom. The molecule has 1 aromatic heterocycles. The molecule has 1 unspecified atom stereocenters. The minimum atomic E-state index is -0.345. The van der Waals surface area contributed by atoms with Gasteiger partial charge in [0.1, 0.15) is 0 Å². The Labute approximate surface area is 132 Å². The number of amides is 1. The average Bonchev–Trinajstić information content (AvgIpc) is 2.41. The van der Waals surface area contributed by atoms with Gasteiger partial charge in [0.2, 0.25) is 5.91 Å². The van der Waals surface area contributed by atoms with Crippen molar-refractivity contribution in [3.8, 4) is 0 Å². The first-order valence-electron chi connectivity index (χ1n) is 6.28. The molecular formula is C14H15ClN4OS. The maximum absolute atomic E-state index is 12.2. The highest BCUT2D eigenvalue weighted by Crippen LogP contribution is 2.25. The molecule has 2 rings (SSSR count). The number of anilines is 2. The summed E-state index contributed by atoms with van der Waals surface area (Å²) in [6.07, 6.45) is 1.67. The predicted molar refractivity (Wildman–Crippen MR) is 86.6 cm³/mol. The standard InChI is InChI=1S/C14H15ClN4OS/c1-8-5-6-17-14(18-8)21-9(2)13(20)19-12-4-3-10(15)7-11(12)16/h3-7,9H,16H2,1-2H3,(H,19,20). The fourth-order valence-electron chi connectivity index (χ4n) is 1.58. The summed E-state index contributed by atoms with van der Waals surface area (Å²) in [6.45, 7) is 3.67. The van der Waals surface area contributed by atoms with Crippen LogP contribution in [0.5, 0.6) is 0 Å². The van der Waals surface area contributed by atoms with E-state index in [1.165, 1.54) is 11.8 Å². The molecule has 1 heterocycles. The number of hydrogen-bond donors (Lipinski definition) is 2. The highest BCUT2D eigenvalue weighted by molar-refractivity contribution is 8.00. The van der Waals surface area contributed by atoms with Crippen LogP contribution in [0.1, 0.15) is 12.6 Å². The summed E-state index contributed by atoms with van der Waals surface area (Å²) in [5.74, 6) is -0.167. The Morgan fingerprint density at radius 2 is 2.19 bits per heavy atom. The largest absolute Gasteiger partial charge is 0.397 e. The molecule has 0 aliphatic rings. The molecule has 0 saturated heterocycles. The van der Waals surface area contributed by atoms with Crippen LogP contribution in [-0.2, 0) is 4.79 Å². The zero-order valence-electron chi connectivity index (χ0n) is 11.6. The molecule has 110 valence electrons. The van der Waals surface area contributed by atoms with Crippen molar-refractivity contribution in [3.63, 3.8) is 0 Å². The number of nitrogens with one attached hydrogen (secondary N) is 1. The highest BCUT2D eigenvalue weighted by Gasteiger charge is 2.17. The van der Waals surface area contributed by atoms with Gasteiger partial charge < -0.3 is 11.1 Å². The van der Waals surface area contributed by atoms with E-state index in [1.807, 2.05) is 13.0 Å². The van der Waals surface area contributed by atoms with Crippen LogP contribution in [0, 0.1) is 6.92 Å². The summed E-state index contributed by atoms with van der Waals surface area (Å²) in [4.78, 5) is 20.6. The van der Waals surface area contributed by atoms with Crippen molar-refractivity contribution >= 4 is 40.6 Å². The first-order valence-corrected chi connectivity index (χ1v) is 7.53. The Hall–Kier alpha value is -1.79. The molecule has 0 aliphatic carbocycles. The van der Waals surface area contributed by atoms with Crippen LogP contribution < -0.4 is 11.1 Å². The van der Waals surface area contributed by atoms with Gasteiger partial charge in [-0.05, 0) is 38.1 Å². The van der Waals surface area contributed by atoms with Gasteiger partial charge in [0.25, 0.3) is 0 Å². The number of rotatable bonds is 4. The van der Waals surface area contributed by atoms with Gasteiger partial charge in [0, 0.05) is 16.9 Å². The molecule has 1 atom stereocenters. The van der Waals surface area contributed by atoms with Gasteiger partial charge in [0.15, 0.2) is 5.16 Å². The summed E-state index contributed by atoms with van der Waals surface area (Å²) < 4.78 is 0. The molecule has 1 amide bonds. The molecule has 1 aromatic carbocycles. The quantitative estimate of drug-likeness (QED) is 0.513. The van der Waals surface area contributed by atoms with Crippen molar-refractivity contribution in [1.82, 2.24) is 9.97 Å². The number of thioether (sulfide) groups is 1. The number of carbonyl (C=O) groups is 1. The second-order valence-electron chi connectivity index (χ2n) is 4.46. The van der Waals surface area contributed by atoms with Crippen LogP contribution in [0.25, 0.3) is 0 Å². The highest BCUT2D eigenvalue weighted by atomic mass is 35.5. The van der Waals surface area contributed by atoms with E-state index >= 15 is 0 Å². The number of nitrogen functional groups attached to an aromatic ring is 1. The molecule has 0 saturated carbocycles. The third-order valence-electron chi connectivity index (χ3n) is 2.70. The zero-order valence-corrected chi connectivity index (χ0v) is 13.2. The lowest BCUT2D eigenvalue weighted by Gasteiger charge is -2.12. The Bertz CT molecular complexity index is 665. The number of halogens is 1. The van der Waals surface area contributed by atoms with E-state index < -0.39 is 0 Å². The van der Waals surface area contributed by atoms with E-state index in [0.717, 1.165) is 5.69 Å². The topological polar surface area (TPSA) is 80.9 Å². The smallest absolute Gasteiger partial charge is 0.237 e. The van der Waals surface area contributed by atoms with Crippen molar-refractivity contribution in [3.05, 3.63) is 41.2 Å². The van der Waals surface area contributed by atoms with Gasteiger partial charge in [-0.3, -0.25) is 4.79 Å². The summed E-state index contributed by atoms with van der Waals surface area (Å²) >= 11 is 7.12. The third-order valence-corrected chi connectivity index (χ3v) is 3.91. The predicted octanol–water partition coefficient (Wildman–Crippen LogP) is 3.14. The number of hydrogen-bond acceptors (Lipinski definition) is 5. The number of aryl methyl sites for hydroxylation is 1. The molecule has 2 aromatic rings. The summed E-state index contributed by atoms with van der Waals surface area (Å²) in [5, 5.41) is 3.53. The number of carbonyl (C=O) groups excluding carboxylic acids is 1. The van der Waals surface area contributed by atoms with Gasteiger partial charge in [-0.2, -0.15) is 0 Å². The molecule has 5 nitrogen and oxygen atoms in total. The van der Waals surface area contributed by atoms with Crippen molar-refractivity contribution in [2.75, 3.05) is 11.1 Å². The molecule has 0 aliphatic heterocycles. The maximum atomic E-state index is 12.2. The van der Waals surface area contributed by atoms with E-state index in [2.05, 4.69) is 15.3 Å². The first kappa shape index (κ1) is 15.6. The molecule has 3 N–H and O–H groups in total. The van der Waals surface area contributed by atoms with Crippen molar-refractivity contribution in [2.45, 2.75) is 24.3 Å². The van der Waals surface area contributed by atoms with Gasteiger partial charge >= 0.3 is 0 Å². The fraction of sp³-hybridized carbons (Fsp3) is 0.214. The molecule has 0 spiro atoms. The summed E-state index contributed by atoms with van der Waals surface area (Å²) in [5.41, 5.74) is 7.65. The van der Waals surface area contributed by atoms with Crippen LogP contribution in [0.2, 0.25) is 5.02 Å². The summed E-state index contributed by atoms with van der Waals surface area (Å²) in [6, 6.07) is 6.76. The minimum absolute atomic E-state index is 0.167. The first-order chi connectivity index (χ1) is 9.95. The Balaban J connectivity index is 2.02. The zero-order chi connectivity index (χ0) is 15.4. The maximum Gasteiger partial charge on any atom is 0.237 e. The molecule has 21 heavy (non-hydrogen) atoms. The van der Waals surface area contributed by atoms with E-state index in [0.29, 0.717) is 21.6 Å². The summed E-state index contributed by atoms with van der Waals surface area (Å²) in [7, 11) is 0. The fourth-order valence-corrected chi connectivity index (χ4v) is 2.56. The molecule has 7 heteroatoms. The minimum Gasteiger partial charge on any atom is -0.397 e. The van der Waals surface area contributed by atoms with Crippen molar-refractivity contribution in [1.29, 1.82) is 0 Å². The lowest BCUT2D eigenvalue weighted by molar-refractivity contribution is -0.115. The van der Waals surface area contributed by atoms with Crippen LogP contribution >= 0.6 is 23.4 Å². The van der Waals surface area contributed by atoms with Crippen molar-refractivity contribution in [2.24, 2.45) is 0 Å². The van der Waals surface area contributed by atoms with Gasteiger partial charge in [-0.25, -0.2) is 9.97 Å². The SMILES string of the molecule is Cc1ccnc(SC(C)C(=O)Nc2ccc(Cl)cc2N)n1. The molecule has 0 bridgehead atoms. The lowest BCUT2D eigenvalue weighted by atomic mass is 10.2. The number of benzene rings is 1. The van der Waals surface area contributed by atoms with E-state index in [9.17, 15) is 4.79 Å². The molecule has 0 fully saturated rings. The van der Waals surface area contributed by atoms with Gasteiger partial charge in [-0.1, -0.05) is 23.4 Å². The monoisotopic (exact) mass is 322 g/mol. The van der Waals surface area contributed by atoms with Gasteiger partial charge in [0.05, 0.1) is 16.6 Å². The third kappa shape index (κ3) is 4.34. The van der Waals surface area contributed by atoms with E-state index in [4.69, 9.17) is 17.3 Å². The van der Waals surface area contributed by atoms with Crippen LogP contribution in [0.15, 0.2) is 35.6 Å². The molecule has 0 radical (unpaired) electrons.